The first-order chi connectivity index (χ1) is 10.1. The topological polar surface area (TPSA) is 50.4 Å². The monoisotopic (exact) mass is 302 g/mol. The number of hydrogen-bond donors (Lipinski definition) is 1. The predicted octanol–water partition coefficient (Wildman–Crippen LogP) is 4.43. The molecule has 0 spiro atoms. The largest absolute Gasteiger partial charge is 0.507 e. The molecule has 0 unspecified atom stereocenters. The van der Waals surface area contributed by atoms with Crippen LogP contribution in [-0.4, -0.2) is 5.11 Å². The highest BCUT2D eigenvalue weighted by Crippen LogP contribution is 2.36. The van der Waals surface area contributed by atoms with Crippen LogP contribution in [0.1, 0.15) is 25.0 Å². The van der Waals surface area contributed by atoms with Crippen molar-refractivity contribution in [2.24, 2.45) is 0 Å². The highest BCUT2D eigenvalue weighted by Gasteiger charge is 2.17. The Balaban J connectivity index is 2.65. The molecule has 0 saturated carbocycles. The van der Waals surface area contributed by atoms with E-state index in [0.29, 0.717) is 16.0 Å². The summed E-state index contributed by atoms with van der Waals surface area (Å²) < 4.78 is 5.42. The quantitative estimate of drug-likeness (QED) is 0.563. The van der Waals surface area contributed by atoms with Crippen LogP contribution in [0.2, 0.25) is 5.02 Å². The Kier molecular flexibility index (Phi) is 3.38. The minimum Gasteiger partial charge on any atom is -0.507 e. The van der Waals surface area contributed by atoms with Gasteiger partial charge in [-0.3, -0.25) is 0 Å². The second kappa shape index (κ2) is 5.08. The van der Waals surface area contributed by atoms with Crippen molar-refractivity contribution < 1.29 is 9.52 Å². The second-order valence-electron chi connectivity index (χ2n) is 5.00. The molecule has 0 aliphatic carbocycles. The Morgan fingerprint density at radius 1 is 1.19 bits per heavy atom. The molecule has 0 aliphatic rings. The van der Waals surface area contributed by atoms with Crippen LogP contribution in [-0.2, 0) is 12.8 Å². The van der Waals surface area contributed by atoms with Crippen molar-refractivity contribution in [2.45, 2.75) is 26.7 Å². The van der Waals surface area contributed by atoms with Gasteiger partial charge < -0.3 is 9.52 Å². The predicted molar refractivity (Wildman–Crippen MR) is 85.4 cm³/mol. The van der Waals surface area contributed by atoms with Gasteiger partial charge in [-0.15, -0.1) is 0 Å². The molecule has 108 valence electrons. The smallest absolute Gasteiger partial charge is 0.347 e. The number of aryl methyl sites for hydroxylation is 2. The zero-order chi connectivity index (χ0) is 15.1. The first-order valence-electron chi connectivity index (χ1n) is 6.97. The highest BCUT2D eigenvalue weighted by molar-refractivity contribution is 6.33. The summed E-state index contributed by atoms with van der Waals surface area (Å²) in [7, 11) is 0. The van der Waals surface area contributed by atoms with Gasteiger partial charge in [0, 0.05) is 15.8 Å². The molecular formula is C17H15ClO3. The Morgan fingerprint density at radius 2 is 1.95 bits per heavy atom. The summed E-state index contributed by atoms with van der Waals surface area (Å²) in [5.74, 6) is -0.0686. The van der Waals surface area contributed by atoms with E-state index in [1.54, 1.807) is 6.07 Å². The van der Waals surface area contributed by atoms with Crippen LogP contribution < -0.4 is 5.63 Å². The van der Waals surface area contributed by atoms with E-state index in [0.717, 1.165) is 29.4 Å². The van der Waals surface area contributed by atoms with E-state index >= 15 is 0 Å². The summed E-state index contributed by atoms with van der Waals surface area (Å²) in [6.07, 6.45) is 1.49. The molecular weight excluding hydrogens is 288 g/mol. The van der Waals surface area contributed by atoms with Crippen LogP contribution >= 0.6 is 11.6 Å². The van der Waals surface area contributed by atoms with Crippen molar-refractivity contribution in [3.63, 3.8) is 0 Å². The van der Waals surface area contributed by atoms with Crippen molar-refractivity contribution in [3.8, 4) is 5.75 Å². The fourth-order valence-corrected chi connectivity index (χ4v) is 3.24. The normalized spacial score (nSPS) is 11.4. The third kappa shape index (κ3) is 2.00. The number of aromatic hydroxyl groups is 1. The fourth-order valence-electron chi connectivity index (χ4n) is 2.82. The first kappa shape index (κ1) is 14.0. The van der Waals surface area contributed by atoms with E-state index in [-0.39, 0.29) is 11.1 Å². The molecule has 1 N–H and O–H groups in total. The number of fused-ring (bicyclic) bond motifs is 3. The minimum atomic E-state index is -0.526. The Hall–Kier alpha value is -2.00. The summed E-state index contributed by atoms with van der Waals surface area (Å²) in [4.78, 5) is 12.1. The maximum absolute atomic E-state index is 12.1. The van der Waals surface area contributed by atoms with Gasteiger partial charge in [-0.05, 0) is 36.1 Å². The van der Waals surface area contributed by atoms with E-state index in [4.69, 9.17) is 16.0 Å². The van der Waals surface area contributed by atoms with Crippen molar-refractivity contribution in [2.75, 3.05) is 0 Å². The molecule has 2 aromatic carbocycles. The Bertz CT molecular complexity index is 909. The summed E-state index contributed by atoms with van der Waals surface area (Å²) in [6, 6.07) is 6.84. The summed E-state index contributed by atoms with van der Waals surface area (Å²) >= 11 is 6.49. The average molecular weight is 303 g/mol. The molecule has 3 rings (SSSR count). The molecule has 0 fully saturated rings. The van der Waals surface area contributed by atoms with Crippen LogP contribution in [0.3, 0.4) is 0 Å². The third-order valence-corrected chi connectivity index (χ3v) is 4.32. The third-order valence-electron chi connectivity index (χ3n) is 3.85. The molecule has 0 aliphatic heterocycles. The molecule has 21 heavy (non-hydrogen) atoms. The Morgan fingerprint density at radius 3 is 2.62 bits per heavy atom. The molecule has 3 nitrogen and oxygen atoms in total. The lowest BCUT2D eigenvalue weighted by Crippen LogP contribution is -2.03. The maximum atomic E-state index is 12.1. The van der Waals surface area contributed by atoms with Crippen LogP contribution in [0, 0.1) is 0 Å². The summed E-state index contributed by atoms with van der Waals surface area (Å²) in [5, 5.41) is 12.4. The van der Waals surface area contributed by atoms with Gasteiger partial charge in [0.1, 0.15) is 16.7 Å². The van der Waals surface area contributed by atoms with E-state index in [1.807, 2.05) is 26.0 Å². The van der Waals surface area contributed by atoms with E-state index in [1.165, 1.54) is 6.07 Å². The Labute approximate surface area is 126 Å². The molecule has 0 bridgehead atoms. The molecule has 1 heterocycles. The van der Waals surface area contributed by atoms with Crippen molar-refractivity contribution in [1.29, 1.82) is 0 Å². The van der Waals surface area contributed by atoms with E-state index in [2.05, 4.69) is 0 Å². The van der Waals surface area contributed by atoms with Crippen molar-refractivity contribution >= 4 is 33.3 Å². The van der Waals surface area contributed by atoms with Crippen LogP contribution in [0.25, 0.3) is 21.7 Å². The molecule has 0 amide bonds. The van der Waals surface area contributed by atoms with Gasteiger partial charge >= 0.3 is 5.63 Å². The maximum Gasteiger partial charge on any atom is 0.347 e. The van der Waals surface area contributed by atoms with Crippen LogP contribution in [0.4, 0.5) is 0 Å². The van der Waals surface area contributed by atoms with Crippen LogP contribution in [0.15, 0.2) is 33.5 Å². The average Bonchev–Trinajstić information content (AvgIpc) is 2.47. The highest BCUT2D eigenvalue weighted by atomic mass is 35.5. The van der Waals surface area contributed by atoms with Crippen molar-refractivity contribution in [1.82, 2.24) is 0 Å². The molecule has 4 heteroatoms. The molecule has 1 aromatic heterocycles. The number of phenols is 1. The lowest BCUT2D eigenvalue weighted by atomic mass is 9.97. The zero-order valence-corrected chi connectivity index (χ0v) is 12.6. The minimum absolute atomic E-state index is 0.0686. The lowest BCUT2D eigenvalue weighted by molar-refractivity contribution is 0.477. The molecule has 0 atom stereocenters. The van der Waals surface area contributed by atoms with Gasteiger partial charge in [0.2, 0.25) is 0 Å². The fraction of sp³-hybridized carbons (Fsp3) is 0.235. The van der Waals surface area contributed by atoms with Crippen LogP contribution in [0.5, 0.6) is 5.75 Å². The lowest BCUT2D eigenvalue weighted by Gasteiger charge is -2.13. The van der Waals surface area contributed by atoms with E-state index < -0.39 is 5.63 Å². The van der Waals surface area contributed by atoms with E-state index in [9.17, 15) is 9.90 Å². The van der Waals surface area contributed by atoms with Crippen molar-refractivity contribution in [3.05, 3.63) is 50.8 Å². The number of hydrogen-bond acceptors (Lipinski definition) is 3. The van der Waals surface area contributed by atoms with Gasteiger partial charge in [-0.1, -0.05) is 37.6 Å². The molecule has 0 saturated heterocycles. The number of rotatable bonds is 2. The van der Waals surface area contributed by atoms with Gasteiger partial charge in [0.05, 0.1) is 0 Å². The van der Waals surface area contributed by atoms with Gasteiger partial charge in [-0.2, -0.15) is 0 Å². The number of phenolic OH excluding ortho intramolecular Hbond substituents is 1. The van der Waals surface area contributed by atoms with Gasteiger partial charge in [0.15, 0.2) is 0 Å². The molecule has 0 radical (unpaired) electrons. The number of halogens is 1. The SMILES string of the molecule is CCc1cc2oc(=O)c3c(O)cccc3c2c(CC)c1Cl. The van der Waals surface area contributed by atoms with Gasteiger partial charge in [-0.25, -0.2) is 4.79 Å². The summed E-state index contributed by atoms with van der Waals surface area (Å²) in [6.45, 7) is 4.03. The summed E-state index contributed by atoms with van der Waals surface area (Å²) in [5.41, 5.74) is 1.91. The van der Waals surface area contributed by atoms with Gasteiger partial charge in [0.25, 0.3) is 0 Å². The second-order valence-corrected chi connectivity index (χ2v) is 5.38. The first-order valence-corrected chi connectivity index (χ1v) is 7.35. The zero-order valence-electron chi connectivity index (χ0n) is 11.9. The number of benzene rings is 2. The molecule has 3 aromatic rings. The standard InChI is InChI=1S/C17H15ClO3/c1-3-9-8-13-14(10(4-2)16(9)18)11-6-5-7-12(19)15(11)17(20)21-13/h5-8,19H,3-4H2,1-2H3.